The summed E-state index contributed by atoms with van der Waals surface area (Å²) in [5.41, 5.74) is 7.65. The van der Waals surface area contributed by atoms with Gasteiger partial charge in [-0.05, 0) is 55.4 Å². The predicted octanol–water partition coefficient (Wildman–Crippen LogP) is 3.19. The van der Waals surface area contributed by atoms with Crippen LogP contribution in [0, 0.1) is 5.92 Å². The third-order valence-electron chi connectivity index (χ3n) is 3.97. The molecule has 0 unspecified atom stereocenters. The Kier molecular flexibility index (Phi) is 4.83. The molecule has 0 aromatic heterocycles. The highest BCUT2D eigenvalue weighted by molar-refractivity contribution is 6.30. The Morgan fingerprint density at radius 1 is 1.47 bits per heavy atom. The molecule has 0 bridgehead atoms. The van der Waals surface area contributed by atoms with E-state index in [1.807, 2.05) is 6.07 Å². The number of aryl methyl sites for hydroxylation is 1. The molecule has 2 N–H and O–H groups in total. The van der Waals surface area contributed by atoms with Gasteiger partial charge in [-0.2, -0.15) is 0 Å². The molecule has 3 nitrogen and oxygen atoms in total. The van der Waals surface area contributed by atoms with Crippen molar-refractivity contribution < 1.29 is 9.53 Å². The summed E-state index contributed by atoms with van der Waals surface area (Å²) in [4.78, 5) is 11.7. The molecule has 1 aromatic rings. The fraction of sp³-hybridized carbons (Fsp3) is 0.533. The number of hydrogen-bond donors (Lipinski definition) is 1. The average molecular weight is 282 g/mol. The Morgan fingerprint density at radius 3 is 2.89 bits per heavy atom. The van der Waals surface area contributed by atoms with E-state index in [-0.39, 0.29) is 5.97 Å². The Morgan fingerprint density at radius 2 is 2.26 bits per heavy atom. The van der Waals surface area contributed by atoms with Crippen LogP contribution in [0.25, 0.3) is 0 Å². The van der Waals surface area contributed by atoms with Crippen LogP contribution in [0.15, 0.2) is 18.2 Å². The fourth-order valence-corrected chi connectivity index (χ4v) is 3.04. The third kappa shape index (κ3) is 3.48. The molecule has 0 spiro atoms. The van der Waals surface area contributed by atoms with Gasteiger partial charge in [-0.25, -0.2) is 4.79 Å². The van der Waals surface area contributed by atoms with Crippen LogP contribution in [0.2, 0.25) is 5.02 Å². The van der Waals surface area contributed by atoms with E-state index in [9.17, 15) is 4.79 Å². The van der Waals surface area contributed by atoms with Crippen LogP contribution < -0.4 is 5.73 Å². The lowest BCUT2D eigenvalue weighted by molar-refractivity contribution is 0.0599. The minimum Gasteiger partial charge on any atom is -0.465 e. The zero-order valence-corrected chi connectivity index (χ0v) is 12.0. The predicted molar refractivity (Wildman–Crippen MR) is 76.4 cm³/mol. The lowest BCUT2D eigenvalue weighted by Gasteiger charge is -2.16. The molecule has 0 heterocycles. The minimum absolute atomic E-state index is 0.303. The first kappa shape index (κ1) is 14.4. The highest BCUT2D eigenvalue weighted by Crippen LogP contribution is 2.29. The van der Waals surface area contributed by atoms with Gasteiger partial charge in [0.05, 0.1) is 12.7 Å². The number of rotatable bonds is 4. The maximum Gasteiger partial charge on any atom is 0.338 e. The summed E-state index contributed by atoms with van der Waals surface area (Å²) in [7, 11) is 1.40. The van der Waals surface area contributed by atoms with E-state index >= 15 is 0 Å². The van der Waals surface area contributed by atoms with Gasteiger partial charge in [0, 0.05) is 11.1 Å². The van der Waals surface area contributed by atoms with Crippen LogP contribution in [0.5, 0.6) is 0 Å². The summed E-state index contributed by atoms with van der Waals surface area (Å²) in [5, 5.41) is 0.651. The number of halogens is 1. The first-order chi connectivity index (χ1) is 9.11. The van der Waals surface area contributed by atoms with Gasteiger partial charge >= 0.3 is 5.97 Å². The van der Waals surface area contributed by atoms with Crippen molar-refractivity contribution in [2.45, 2.75) is 38.1 Å². The third-order valence-corrected chi connectivity index (χ3v) is 4.21. The molecule has 2 atom stereocenters. The summed E-state index contributed by atoms with van der Waals surface area (Å²) >= 11 is 6.01. The van der Waals surface area contributed by atoms with Crippen molar-refractivity contribution >= 4 is 17.6 Å². The molecule has 1 saturated carbocycles. The molecule has 0 radical (unpaired) electrons. The fourth-order valence-electron chi connectivity index (χ4n) is 2.84. The van der Waals surface area contributed by atoms with E-state index in [0.717, 1.165) is 24.8 Å². The SMILES string of the molecule is COC(=O)c1ccc(Cl)cc1CC[C@H]1CCC[C@@H]1N. The highest BCUT2D eigenvalue weighted by Gasteiger charge is 2.24. The monoisotopic (exact) mass is 281 g/mol. The van der Waals surface area contributed by atoms with Crippen molar-refractivity contribution in [1.29, 1.82) is 0 Å². The number of methoxy groups -OCH3 is 1. The zero-order chi connectivity index (χ0) is 13.8. The number of benzene rings is 1. The lowest BCUT2D eigenvalue weighted by Crippen LogP contribution is -2.24. The van der Waals surface area contributed by atoms with E-state index < -0.39 is 0 Å². The van der Waals surface area contributed by atoms with E-state index in [0.29, 0.717) is 22.5 Å². The largest absolute Gasteiger partial charge is 0.465 e. The average Bonchev–Trinajstić information content (AvgIpc) is 2.81. The van der Waals surface area contributed by atoms with Crippen molar-refractivity contribution in [3.8, 4) is 0 Å². The number of esters is 1. The summed E-state index contributed by atoms with van der Waals surface area (Å²) < 4.78 is 4.80. The molecule has 1 aromatic carbocycles. The maximum absolute atomic E-state index is 11.7. The highest BCUT2D eigenvalue weighted by atomic mass is 35.5. The normalized spacial score (nSPS) is 22.5. The standard InChI is InChI=1S/C15H20ClNO2/c1-19-15(18)13-8-7-12(16)9-11(13)6-5-10-3-2-4-14(10)17/h7-10,14H,2-6,17H2,1H3/t10-,14+/m1/s1. The quantitative estimate of drug-likeness (QED) is 0.863. The minimum atomic E-state index is -0.303. The summed E-state index contributed by atoms with van der Waals surface area (Å²) in [6, 6.07) is 5.62. The number of ether oxygens (including phenoxy) is 1. The van der Waals surface area contributed by atoms with Crippen LogP contribution in [0.1, 0.15) is 41.6 Å². The van der Waals surface area contributed by atoms with Crippen LogP contribution in [-0.4, -0.2) is 19.1 Å². The van der Waals surface area contributed by atoms with Crippen LogP contribution in [0.4, 0.5) is 0 Å². The van der Waals surface area contributed by atoms with Gasteiger partial charge in [0.1, 0.15) is 0 Å². The molecule has 1 aliphatic rings. The molecule has 0 aliphatic heterocycles. The van der Waals surface area contributed by atoms with Crippen molar-refractivity contribution in [3.05, 3.63) is 34.3 Å². The Labute approximate surface area is 119 Å². The summed E-state index contributed by atoms with van der Waals surface area (Å²) in [6.45, 7) is 0. The van der Waals surface area contributed by atoms with E-state index in [2.05, 4.69) is 0 Å². The Bertz CT molecular complexity index is 461. The van der Waals surface area contributed by atoms with Gasteiger partial charge in [0.2, 0.25) is 0 Å². The summed E-state index contributed by atoms with van der Waals surface area (Å²) in [5.74, 6) is 0.256. The second-order valence-corrected chi connectivity index (χ2v) is 5.62. The van der Waals surface area contributed by atoms with Crippen molar-refractivity contribution in [2.75, 3.05) is 7.11 Å². The molecule has 0 amide bonds. The lowest BCUT2D eigenvalue weighted by atomic mass is 9.93. The molecular weight excluding hydrogens is 262 g/mol. The molecular formula is C15H20ClNO2. The summed E-state index contributed by atoms with van der Waals surface area (Å²) in [6.07, 6.45) is 5.35. The zero-order valence-electron chi connectivity index (χ0n) is 11.2. The Hall–Kier alpha value is -1.06. The van der Waals surface area contributed by atoms with Gasteiger partial charge in [-0.1, -0.05) is 18.0 Å². The Balaban J connectivity index is 2.09. The van der Waals surface area contributed by atoms with E-state index in [4.69, 9.17) is 22.1 Å². The van der Waals surface area contributed by atoms with Crippen molar-refractivity contribution in [1.82, 2.24) is 0 Å². The van der Waals surface area contributed by atoms with E-state index in [1.165, 1.54) is 20.0 Å². The van der Waals surface area contributed by atoms with Crippen LogP contribution in [-0.2, 0) is 11.2 Å². The molecule has 104 valence electrons. The van der Waals surface area contributed by atoms with Gasteiger partial charge < -0.3 is 10.5 Å². The molecule has 1 fully saturated rings. The second-order valence-electron chi connectivity index (χ2n) is 5.19. The van der Waals surface area contributed by atoms with Crippen molar-refractivity contribution in [2.24, 2.45) is 11.7 Å². The van der Waals surface area contributed by atoms with Gasteiger partial charge in [0.25, 0.3) is 0 Å². The van der Waals surface area contributed by atoms with Crippen LogP contribution >= 0.6 is 11.6 Å². The molecule has 1 aliphatic carbocycles. The number of hydrogen-bond acceptors (Lipinski definition) is 3. The number of carbonyl (C=O) groups is 1. The van der Waals surface area contributed by atoms with Gasteiger partial charge in [-0.15, -0.1) is 0 Å². The van der Waals surface area contributed by atoms with Gasteiger partial charge in [0.15, 0.2) is 0 Å². The van der Waals surface area contributed by atoms with Crippen molar-refractivity contribution in [3.63, 3.8) is 0 Å². The molecule has 2 rings (SSSR count). The smallest absolute Gasteiger partial charge is 0.338 e. The molecule has 19 heavy (non-hydrogen) atoms. The first-order valence-corrected chi connectivity index (χ1v) is 7.12. The number of carbonyl (C=O) groups excluding carboxylic acids is 1. The second kappa shape index (κ2) is 6.40. The number of nitrogens with two attached hydrogens (primary N) is 1. The molecule has 4 heteroatoms. The topological polar surface area (TPSA) is 52.3 Å². The first-order valence-electron chi connectivity index (χ1n) is 6.74. The molecule has 0 saturated heterocycles. The van der Waals surface area contributed by atoms with Gasteiger partial charge in [-0.3, -0.25) is 0 Å². The van der Waals surface area contributed by atoms with E-state index in [1.54, 1.807) is 12.1 Å². The maximum atomic E-state index is 11.7. The van der Waals surface area contributed by atoms with Crippen LogP contribution in [0.3, 0.4) is 0 Å².